The van der Waals surface area contributed by atoms with Gasteiger partial charge in [-0.25, -0.2) is 0 Å². The van der Waals surface area contributed by atoms with E-state index in [0.717, 1.165) is 13.0 Å². The number of β-amino-alcohol motifs (C(OH)–C–C–N with tert-alkyl or cyclic N) is 1. The Morgan fingerprint density at radius 1 is 1.11 bits per heavy atom. The summed E-state index contributed by atoms with van der Waals surface area (Å²) in [7, 11) is -3.31. The number of nitrogens with zero attached hydrogens (tertiary/aromatic N) is 3. The van der Waals surface area contributed by atoms with Gasteiger partial charge in [0.05, 0.1) is 6.61 Å². The molecule has 0 aromatic carbocycles. The molecule has 1 heterocycles. The van der Waals surface area contributed by atoms with Crippen LogP contribution in [-0.2, 0) is 10.2 Å². The van der Waals surface area contributed by atoms with E-state index in [1.165, 1.54) is 4.31 Å². The van der Waals surface area contributed by atoms with Gasteiger partial charge in [0.2, 0.25) is 0 Å². The van der Waals surface area contributed by atoms with E-state index in [-0.39, 0.29) is 6.61 Å². The Morgan fingerprint density at radius 2 is 1.78 bits per heavy atom. The van der Waals surface area contributed by atoms with Gasteiger partial charge in [-0.15, -0.1) is 0 Å². The maximum absolute atomic E-state index is 12.3. The Kier molecular flexibility index (Phi) is 6.51. The minimum atomic E-state index is -3.31. The first-order valence-corrected chi connectivity index (χ1v) is 8.04. The first kappa shape index (κ1) is 15.8. The monoisotopic (exact) mass is 279 g/mol. The lowest BCUT2D eigenvalue weighted by Crippen LogP contribution is -2.45. The molecule has 6 nitrogen and oxygen atoms in total. The summed E-state index contributed by atoms with van der Waals surface area (Å²) in [5, 5.41) is 8.92. The molecule has 0 saturated carbocycles. The quantitative estimate of drug-likeness (QED) is 0.717. The van der Waals surface area contributed by atoms with Crippen LogP contribution in [0.2, 0.25) is 0 Å². The van der Waals surface area contributed by atoms with E-state index in [1.807, 2.05) is 13.8 Å². The van der Waals surface area contributed by atoms with Crippen molar-refractivity contribution in [3.05, 3.63) is 0 Å². The van der Waals surface area contributed by atoms with Crippen molar-refractivity contribution < 1.29 is 13.5 Å². The zero-order valence-electron chi connectivity index (χ0n) is 11.4. The summed E-state index contributed by atoms with van der Waals surface area (Å²) in [5.74, 6) is 0. The van der Waals surface area contributed by atoms with Crippen LogP contribution in [-0.4, -0.2) is 79.5 Å². The highest BCUT2D eigenvalue weighted by Gasteiger charge is 2.29. The van der Waals surface area contributed by atoms with Gasteiger partial charge in [-0.2, -0.15) is 17.0 Å². The second-order valence-electron chi connectivity index (χ2n) is 4.41. The molecule has 1 rings (SSSR count). The molecule has 0 bridgehead atoms. The first-order chi connectivity index (χ1) is 8.56. The third kappa shape index (κ3) is 3.89. The lowest BCUT2D eigenvalue weighted by molar-refractivity contribution is 0.201. The minimum Gasteiger partial charge on any atom is -0.395 e. The summed E-state index contributed by atoms with van der Waals surface area (Å²) in [5.41, 5.74) is 0. The molecule has 108 valence electrons. The zero-order chi connectivity index (χ0) is 13.6. The second-order valence-corrected chi connectivity index (χ2v) is 6.34. The van der Waals surface area contributed by atoms with Crippen LogP contribution in [0, 0.1) is 0 Å². The molecule has 1 fully saturated rings. The number of hydrogen-bond donors (Lipinski definition) is 1. The van der Waals surface area contributed by atoms with Crippen LogP contribution < -0.4 is 0 Å². The predicted molar refractivity (Wildman–Crippen MR) is 71.6 cm³/mol. The Labute approximate surface area is 110 Å². The van der Waals surface area contributed by atoms with Crippen LogP contribution in [0.5, 0.6) is 0 Å². The maximum Gasteiger partial charge on any atom is 0.281 e. The largest absolute Gasteiger partial charge is 0.395 e. The summed E-state index contributed by atoms with van der Waals surface area (Å²) >= 11 is 0. The molecule has 0 aromatic heterocycles. The van der Waals surface area contributed by atoms with E-state index in [2.05, 4.69) is 4.90 Å². The molecular formula is C11H25N3O3S. The SMILES string of the molecule is CCN(CC)S(=O)(=O)N1CCCN(CCO)CC1. The lowest BCUT2D eigenvalue weighted by atomic mass is 10.4. The summed E-state index contributed by atoms with van der Waals surface area (Å²) < 4.78 is 27.8. The molecular weight excluding hydrogens is 254 g/mol. The lowest BCUT2D eigenvalue weighted by Gasteiger charge is -2.27. The molecule has 0 aromatic rings. The normalized spacial score (nSPS) is 20.2. The molecule has 0 amide bonds. The zero-order valence-corrected chi connectivity index (χ0v) is 12.2. The first-order valence-electron chi connectivity index (χ1n) is 6.64. The Balaban J connectivity index is 2.67. The van der Waals surface area contributed by atoms with Gasteiger partial charge in [-0.05, 0) is 13.0 Å². The highest BCUT2D eigenvalue weighted by Crippen LogP contribution is 2.12. The van der Waals surface area contributed by atoms with Crippen molar-refractivity contribution in [2.45, 2.75) is 20.3 Å². The summed E-state index contributed by atoms with van der Waals surface area (Å²) in [6.07, 6.45) is 0.820. The van der Waals surface area contributed by atoms with Crippen molar-refractivity contribution in [3.63, 3.8) is 0 Å². The fraction of sp³-hybridized carbons (Fsp3) is 1.00. The van der Waals surface area contributed by atoms with Crippen molar-refractivity contribution in [2.24, 2.45) is 0 Å². The molecule has 1 saturated heterocycles. The van der Waals surface area contributed by atoms with Gasteiger partial charge in [-0.1, -0.05) is 13.8 Å². The fourth-order valence-electron chi connectivity index (χ4n) is 2.26. The standard InChI is InChI=1S/C11H25N3O3S/c1-3-13(4-2)18(16,17)14-7-5-6-12(8-9-14)10-11-15/h15H,3-11H2,1-2H3. The summed E-state index contributed by atoms with van der Waals surface area (Å²) in [4.78, 5) is 2.11. The van der Waals surface area contributed by atoms with Gasteiger partial charge in [0, 0.05) is 39.3 Å². The van der Waals surface area contributed by atoms with E-state index >= 15 is 0 Å². The molecule has 1 aliphatic rings. The topological polar surface area (TPSA) is 64.1 Å². The number of rotatable bonds is 6. The van der Waals surface area contributed by atoms with Gasteiger partial charge < -0.3 is 5.11 Å². The molecule has 7 heteroatoms. The maximum atomic E-state index is 12.3. The highest BCUT2D eigenvalue weighted by molar-refractivity contribution is 7.86. The van der Waals surface area contributed by atoms with Crippen molar-refractivity contribution in [3.8, 4) is 0 Å². The number of aliphatic hydroxyl groups is 1. The summed E-state index contributed by atoms with van der Waals surface area (Å²) in [6.45, 7) is 8.12. The predicted octanol–water partition coefficient (Wildman–Crippen LogP) is -0.427. The van der Waals surface area contributed by atoms with Crippen molar-refractivity contribution in [2.75, 3.05) is 52.4 Å². The van der Waals surface area contributed by atoms with Crippen LogP contribution in [0.3, 0.4) is 0 Å². The molecule has 1 N–H and O–H groups in total. The Hall–Kier alpha value is -0.210. The molecule has 1 aliphatic heterocycles. The van der Waals surface area contributed by atoms with Gasteiger partial charge in [-0.3, -0.25) is 4.90 Å². The Morgan fingerprint density at radius 3 is 2.33 bits per heavy atom. The van der Waals surface area contributed by atoms with Gasteiger partial charge in [0.1, 0.15) is 0 Å². The average molecular weight is 279 g/mol. The van der Waals surface area contributed by atoms with Crippen molar-refractivity contribution in [1.82, 2.24) is 13.5 Å². The van der Waals surface area contributed by atoms with Crippen LogP contribution >= 0.6 is 0 Å². The van der Waals surface area contributed by atoms with E-state index in [4.69, 9.17) is 5.11 Å². The van der Waals surface area contributed by atoms with E-state index < -0.39 is 10.2 Å². The Bertz CT molecular complexity index is 330. The molecule has 0 spiro atoms. The molecule has 0 radical (unpaired) electrons. The molecule has 0 atom stereocenters. The molecule has 0 aliphatic carbocycles. The number of aliphatic hydroxyl groups excluding tert-OH is 1. The third-order valence-corrected chi connectivity index (χ3v) is 5.51. The van der Waals surface area contributed by atoms with Gasteiger partial charge >= 0.3 is 0 Å². The smallest absolute Gasteiger partial charge is 0.281 e. The fourth-order valence-corrected chi connectivity index (χ4v) is 3.91. The van der Waals surface area contributed by atoms with Crippen molar-refractivity contribution >= 4 is 10.2 Å². The second kappa shape index (κ2) is 7.40. The summed E-state index contributed by atoms with van der Waals surface area (Å²) in [6, 6.07) is 0. The highest BCUT2D eigenvalue weighted by atomic mass is 32.2. The van der Waals surface area contributed by atoms with Crippen LogP contribution in [0.4, 0.5) is 0 Å². The van der Waals surface area contributed by atoms with Crippen LogP contribution in [0.15, 0.2) is 0 Å². The van der Waals surface area contributed by atoms with Gasteiger partial charge in [0.15, 0.2) is 0 Å². The third-order valence-electron chi connectivity index (χ3n) is 3.32. The van der Waals surface area contributed by atoms with Crippen LogP contribution in [0.1, 0.15) is 20.3 Å². The average Bonchev–Trinajstić information content (AvgIpc) is 2.57. The van der Waals surface area contributed by atoms with Crippen molar-refractivity contribution in [1.29, 1.82) is 0 Å². The van der Waals surface area contributed by atoms with E-state index in [1.54, 1.807) is 4.31 Å². The van der Waals surface area contributed by atoms with E-state index in [0.29, 0.717) is 39.3 Å². The molecule has 0 unspecified atom stereocenters. The minimum absolute atomic E-state index is 0.128. The molecule has 18 heavy (non-hydrogen) atoms. The van der Waals surface area contributed by atoms with E-state index in [9.17, 15) is 8.42 Å². The van der Waals surface area contributed by atoms with Gasteiger partial charge in [0.25, 0.3) is 10.2 Å². The number of hydrogen-bond acceptors (Lipinski definition) is 4. The van der Waals surface area contributed by atoms with Crippen LogP contribution in [0.25, 0.3) is 0 Å².